The molecule has 0 amide bonds. The molecule has 2 nitrogen and oxygen atoms in total. The summed E-state index contributed by atoms with van der Waals surface area (Å²) in [5.74, 6) is 0. The fraction of sp³-hybridized carbons (Fsp3) is 0.125. The Hall–Kier alpha value is -0.730. The van der Waals surface area contributed by atoms with E-state index in [0.29, 0.717) is 10.7 Å². The van der Waals surface area contributed by atoms with E-state index in [9.17, 15) is 4.79 Å². The van der Waals surface area contributed by atoms with E-state index in [1.807, 2.05) is 0 Å². The molecule has 1 rings (SSSR count). The molecule has 0 aromatic heterocycles. The fourth-order valence-electron chi connectivity index (χ4n) is 0.874. The number of carbonyl (C=O) groups is 1. The van der Waals surface area contributed by atoms with E-state index in [4.69, 9.17) is 28.9 Å². The third kappa shape index (κ3) is 1.71. The molecule has 0 unspecified atom stereocenters. The number of hydrogen-bond donors (Lipinski definition) is 1. The lowest BCUT2D eigenvalue weighted by atomic mass is 10.1. The van der Waals surface area contributed by atoms with Gasteiger partial charge in [-0.2, -0.15) is 0 Å². The zero-order chi connectivity index (χ0) is 9.30. The van der Waals surface area contributed by atoms with Gasteiger partial charge in [-0.3, -0.25) is 4.79 Å². The van der Waals surface area contributed by atoms with E-state index in [-0.39, 0.29) is 5.56 Å². The summed E-state index contributed by atoms with van der Waals surface area (Å²) >= 11 is 11.0. The van der Waals surface area contributed by atoms with Crippen LogP contribution >= 0.6 is 23.2 Å². The molecule has 12 heavy (non-hydrogen) atoms. The second kappa shape index (κ2) is 3.33. The van der Waals surface area contributed by atoms with Crippen LogP contribution in [0.15, 0.2) is 12.1 Å². The Morgan fingerprint density at radius 2 is 2.08 bits per heavy atom. The molecule has 0 saturated carbocycles. The molecule has 4 heteroatoms. The highest BCUT2D eigenvalue weighted by atomic mass is 35.5. The summed E-state index contributed by atoms with van der Waals surface area (Å²) in [7, 11) is 0. The molecule has 64 valence electrons. The molecule has 0 heterocycles. The van der Waals surface area contributed by atoms with Gasteiger partial charge in [-0.05, 0) is 36.2 Å². The first-order valence-electron chi connectivity index (χ1n) is 3.28. The van der Waals surface area contributed by atoms with Crippen LogP contribution in [0, 0.1) is 6.92 Å². The van der Waals surface area contributed by atoms with Crippen molar-refractivity contribution in [2.75, 3.05) is 5.73 Å². The average Bonchev–Trinajstić information content (AvgIpc) is 1.96. The first-order chi connectivity index (χ1) is 5.52. The minimum atomic E-state index is -0.589. The topological polar surface area (TPSA) is 43.1 Å². The summed E-state index contributed by atoms with van der Waals surface area (Å²) in [6.45, 7) is 1.81. The molecule has 1 aromatic rings. The molecule has 1 aromatic carbocycles. The van der Waals surface area contributed by atoms with E-state index in [0.717, 1.165) is 5.56 Å². The Morgan fingerprint density at radius 3 is 2.58 bits per heavy atom. The van der Waals surface area contributed by atoms with Crippen LogP contribution in [0.2, 0.25) is 5.02 Å². The molecule has 0 aliphatic rings. The van der Waals surface area contributed by atoms with Gasteiger partial charge in [0.05, 0.1) is 5.56 Å². The van der Waals surface area contributed by atoms with Crippen molar-refractivity contribution in [1.29, 1.82) is 0 Å². The number of aryl methyl sites for hydroxylation is 1. The maximum atomic E-state index is 10.8. The molecule has 0 aliphatic heterocycles. The van der Waals surface area contributed by atoms with Gasteiger partial charge in [-0.25, -0.2) is 0 Å². The number of carbonyl (C=O) groups excluding carboxylic acids is 1. The van der Waals surface area contributed by atoms with Crippen molar-refractivity contribution in [2.45, 2.75) is 6.92 Å². The van der Waals surface area contributed by atoms with Crippen LogP contribution in [0.25, 0.3) is 0 Å². The Kier molecular flexibility index (Phi) is 2.60. The molecule has 0 radical (unpaired) electrons. The SMILES string of the molecule is Cc1cc(N)c(C(=O)Cl)cc1Cl. The van der Waals surface area contributed by atoms with Crippen molar-refractivity contribution >= 4 is 34.1 Å². The van der Waals surface area contributed by atoms with Gasteiger partial charge in [0.2, 0.25) is 0 Å². The van der Waals surface area contributed by atoms with Gasteiger partial charge in [-0.15, -0.1) is 0 Å². The Balaban J connectivity index is 3.33. The van der Waals surface area contributed by atoms with Gasteiger partial charge < -0.3 is 5.73 Å². The highest BCUT2D eigenvalue weighted by Crippen LogP contribution is 2.23. The maximum Gasteiger partial charge on any atom is 0.254 e. The molecule has 0 aliphatic carbocycles. The van der Waals surface area contributed by atoms with Gasteiger partial charge in [0.25, 0.3) is 5.24 Å². The largest absolute Gasteiger partial charge is 0.398 e. The second-order valence-electron chi connectivity index (χ2n) is 2.46. The van der Waals surface area contributed by atoms with Crippen molar-refractivity contribution < 1.29 is 4.79 Å². The molecular formula is C8H7Cl2NO. The van der Waals surface area contributed by atoms with Crippen LogP contribution in [0.3, 0.4) is 0 Å². The highest BCUT2D eigenvalue weighted by Gasteiger charge is 2.08. The van der Waals surface area contributed by atoms with Crippen LogP contribution in [0.4, 0.5) is 5.69 Å². The summed E-state index contributed by atoms with van der Waals surface area (Å²) in [5.41, 5.74) is 6.97. The molecule has 0 fully saturated rings. The molecule has 0 saturated heterocycles. The molecule has 0 spiro atoms. The van der Waals surface area contributed by atoms with Crippen molar-refractivity contribution in [3.8, 4) is 0 Å². The maximum absolute atomic E-state index is 10.8. The molecular weight excluding hydrogens is 197 g/mol. The van der Waals surface area contributed by atoms with Gasteiger partial charge in [0, 0.05) is 10.7 Å². The third-order valence-corrected chi connectivity index (χ3v) is 2.15. The highest BCUT2D eigenvalue weighted by molar-refractivity contribution is 6.68. The average molecular weight is 204 g/mol. The fourth-order valence-corrected chi connectivity index (χ4v) is 1.20. The van der Waals surface area contributed by atoms with Crippen LogP contribution in [-0.2, 0) is 0 Å². The lowest BCUT2D eigenvalue weighted by molar-refractivity contribution is 0.108. The van der Waals surface area contributed by atoms with Crippen LogP contribution in [0.5, 0.6) is 0 Å². The van der Waals surface area contributed by atoms with Crippen LogP contribution in [0.1, 0.15) is 15.9 Å². The zero-order valence-corrected chi connectivity index (χ0v) is 7.91. The summed E-state index contributed by atoms with van der Waals surface area (Å²) < 4.78 is 0. The lowest BCUT2D eigenvalue weighted by Crippen LogP contribution is -1.98. The third-order valence-electron chi connectivity index (χ3n) is 1.54. The minimum absolute atomic E-state index is 0.257. The minimum Gasteiger partial charge on any atom is -0.398 e. The monoisotopic (exact) mass is 203 g/mol. The van der Waals surface area contributed by atoms with Crippen LogP contribution < -0.4 is 5.73 Å². The number of benzene rings is 1. The van der Waals surface area contributed by atoms with E-state index in [2.05, 4.69) is 0 Å². The van der Waals surface area contributed by atoms with Crippen molar-refractivity contribution in [3.63, 3.8) is 0 Å². The normalized spacial score (nSPS) is 9.92. The molecule has 0 atom stereocenters. The molecule has 0 bridgehead atoms. The van der Waals surface area contributed by atoms with Crippen molar-refractivity contribution in [1.82, 2.24) is 0 Å². The quantitative estimate of drug-likeness (QED) is 0.564. The first kappa shape index (κ1) is 9.36. The lowest BCUT2D eigenvalue weighted by Gasteiger charge is -2.03. The predicted molar refractivity (Wildman–Crippen MR) is 50.8 cm³/mol. The number of rotatable bonds is 1. The van der Waals surface area contributed by atoms with Crippen molar-refractivity contribution in [2.24, 2.45) is 0 Å². The van der Waals surface area contributed by atoms with Crippen LogP contribution in [-0.4, -0.2) is 5.24 Å². The van der Waals surface area contributed by atoms with E-state index in [1.54, 1.807) is 13.0 Å². The number of anilines is 1. The van der Waals surface area contributed by atoms with E-state index >= 15 is 0 Å². The summed E-state index contributed by atoms with van der Waals surface area (Å²) in [4.78, 5) is 10.8. The number of hydrogen-bond acceptors (Lipinski definition) is 2. The Morgan fingerprint density at radius 1 is 1.50 bits per heavy atom. The Labute approximate surface area is 80.3 Å². The van der Waals surface area contributed by atoms with Gasteiger partial charge >= 0.3 is 0 Å². The van der Waals surface area contributed by atoms with Gasteiger partial charge in [0.15, 0.2) is 0 Å². The summed E-state index contributed by atoms with van der Waals surface area (Å²) in [6, 6.07) is 3.10. The Bertz CT molecular complexity index is 336. The van der Waals surface area contributed by atoms with Crippen molar-refractivity contribution in [3.05, 3.63) is 28.3 Å². The number of nitrogen functional groups attached to an aromatic ring is 1. The number of halogens is 2. The van der Waals surface area contributed by atoms with E-state index in [1.165, 1.54) is 6.07 Å². The van der Waals surface area contributed by atoms with E-state index < -0.39 is 5.24 Å². The summed E-state index contributed by atoms with van der Waals surface area (Å²) in [5, 5.41) is -0.0948. The standard InChI is InChI=1S/C8H7Cl2NO/c1-4-2-7(11)5(8(10)12)3-6(4)9/h2-3H,11H2,1H3. The summed E-state index contributed by atoms with van der Waals surface area (Å²) in [6.07, 6.45) is 0. The molecule has 2 N–H and O–H groups in total. The van der Waals surface area contributed by atoms with Gasteiger partial charge in [0.1, 0.15) is 0 Å². The van der Waals surface area contributed by atoms with Gasteiger partial charge in [-0.1, -0.05) is 11.6 Å². The predicted octanol–water partition coefficient (Wildman–Crippen LogP) is 2.61. The zero-order valence-electron chi connectivity index (χ0n) is 6.40. The number of nitrogens with two attached hydrogens (primary N) is 1. The smallest absolute Gasteiger partial charge is 0.254 e. The second-order valence-corrected chi connectivity index (χ2v) is 3.21. The first-order valence-corrected chi connectivity index (χ1v) is 4.03.